The minimum absolute atomic E-state index is 0.00964. The lowest BCUT2D eigenvalue weighted by atomic mass is 10.2. The highest BCUT2D eigenvalue weighted by Crippen LogP contribution is 2.21. The van der Waals surface area contributed by atoms with Gasteiger partial charge in [0.15, 0.2) is 11.5 Å². The maximum Gasteiger partial charge on any atom is 0.332 e. The van der Waals surface area contributed by atoms with Gasteiger partial charge in [-0.1, -0.05) is 30.7 Å². The van der Waals surface area contributed by atoms with Gasteiger partial charge in [-0.05, 0) is 30.2 Å². The zero-order valence-electron chi connectivity index (χ0n) is 22.9. The summed E-state index contributed by atoms with van der Waals surface area (Å²) in [5.74, 6) is -1.73. The number of nitrogens with one attached hydrogen (secondary N) is 1. The van der Waals surface area contributed by atoms with Crippen LogP contribution in [-0.2, 0) is 22.7 Å². The van der Waals surface area contributed by atoms with Gasteiger partial charge in [-0.15, -0.1) is 0 Å². The fourth-order valence-electron chi connectivity index (χ4n) is 4.51. The van der Waals surface area contributed by atoms with Crippen molar-refractivity contribution in [3.8, 4) is 0 Å². The molecule has 3 N–H and O–H groups in total. The van der Waals surface area contributed by atoms with E-state index in [9.17, 15) is 28.4 Å². The number of aromatic nitrogens is 3. The number of carbonyl (C=O) groups excluding carboxylic acids is 4. The summed E-state index contributed by atoms with van der Waals surface area (Å²) in [5.41, 5.74) is 5.08. The summed E-state index contributed by atoms with van der Waals surface area (Å²) in [6.45, 7) is 0.679. The molecule has 1 saturated heterocycles. The summed E-state index contributed by atoms with van der Waals surface area (Å²) in [4.78, 5) is 77.0. The van der Waals surface area contributed by atoms with Crippen LogP contribution < -0.4 is 21.5 Å². The number of benzene rings is 1. The second-order valence-corrected chi connectivity index (χ2v) is 9.89. The molecule has 1 aliphatic heterocycles. The van der Waals surface area contributed by atoms with Gasteiger partial charge in [0.05, 0.1) is 12.7 Å². The van der Waals surface area contributed by atoms with Crippen molar-refractivity contribution in [1.29, 1.82) is 0 Å². The van der Waals surface area contributed by atoms with Crippen LogP contribution in [0.5, 0.6) is 0 Å². The first-order valence-corrected chi connectivity index (χ1v) is 13.6. The van der Waals surface area contributed by atoms with Gasteiger partial charge >= 0.3 is 6.03 Å². The molecule has 1 aliphatic rings. The standard InChI is InChI=1S/C27H30ClFN8O5/c1-2-8-34(9-7-29)23(39)16-37-24-20(33-21(15-31-24)35-10-11-36(27(35)42)22(38)13-30)12-19(26(37)41)25(40)32-14-17-3-5-18(28)6-4-17/h3-6,12,15H,2,7-11,13-14,16,30H2,1H3,(H,32,40). The SMILES string of the molecule is CCCN(CCF)C(=O)Cn1c(=O)c(C(=O)NCc2ccc(Cl)cc2)cc2nc(N3CCN(C(=O)CN)C3=O)cnc21. The first-order valence-electron chi connectivity index (χ1n) is 13.3. The Balaban J connectivity index is 1.73. The summed E-state index contributed by atoms with van der Waals surface area (Å²) in [6, 6.07) is 7.37. The molecule has 0 spiro atoms. The van der Waals surface area contributed by atoms with Gasteiger partial charge in [-0.25, -0.2) is 19.2 Å². The van der Waals surface area contributed by atoms with Crippen LogP contribution in [0.15, 0.2) is 41.3 Å². The second kappa shape index (κ2) is 13.5. The van der Waals surface area contributed by atoms with Crippen molar-refractivity contribution < 1.29 is 23.6 Å². The number of imide groups is 1. The summed E-state index contributed by atoms with van der Waals surface area (Å²) in [7, 11) is 0. The van der Waals surface area contributed by atoms with Crippen molar-refractivity contribution in [1.82, 2.24) is 29.7 Å². The number of hydrogen-bond acceptors (Lipinski definition) is 8. The predicted molar refractivity (Wildman–Crippen MR) is 153 cm³/mol. The summed E-state index contributed by atoms with van der Waals surface area (Å²) in [5, 5.41) is 3.20. The molecule has 0 aliphatic carbocycles. The lowest BCUT2D eigenvalue weighted by molar-refractivity contribution is -0.132. The van der Waals surface area contributed by atoms with E-state index in [0.29, 0.717) is 11.4 Å². The number of hydrogen-bond donors (Lipinski definition) is 2. The van der Waals surface area contributed by atoms with E-state index in [2.05, 4.69) is 15.3 Å². The fraction of sp³-hybridized carbons (Fsp3) is 0.370. The van der Waals surface area contributed by atoms with E-state index in [1.165, 1.54) is 22.1 Å². The van der Waals surface area contributed by atoms with E-state index < -0.39 is 42.5 Å². The molecular weight excluding hydrogens is 571 g/mol. The average Bonchev–Trinajstić information content (AvgIpc) is 3.38. The molecule has 1 aromatic carbocycles. The molecule has 3 heterocycles. The van der Waals surface area contributed by atoms with E-state index in [4.69, 9.17) is 17.3 Å². The minimum atomic E-state index is -0.792. The molecule has 15 heteroatoms. The number of rotatable bonds is 11. The number of fused-ring (bicyclic) bond motifs is 1. The topological polar surface area (TPSA) is 164 Å². The highest BCUT2D eigenvalue weighted by Gasteiger charge is 2.34. The van der Waals surface area contributed by atoms with Crippen molar-refractivity contribution in [3.63, 3.8) is 0 Å². The Morgan fingerprint density at radius 2 is 1.88 bits per heavy atom. The number of urea groups is 1. The van der Waals surface area contributed by atoms with Crippen molar-refractivity contribution in [2.45, 2.75) is 26.4 Å². The smallest absolute Gasteiger partial charge is 0.332 e. The Morgan fingerprint density at radius 3 is 2.55 bits per heavy atom. The monoisotopic (exact) mass is 600 g/mol. The zero-order chi connectivity index (χ0) is 30.4. The Labute approximate surface area is 245 Å². The third-order valence-electron chi connectivity index (χ3n) is 6.64. The van der Waals surface area contributed by atoms with Gasteiger partial charge in [0.2, 0.25) is 11.8 Å². The normalized spacial score (nSPS) is 13.1. The molecule has 0 saturated carbocycles. The van der Waals surface area contributed by atoms with Crippen LogP contribution in [0.1, 0.15) is 29.3 Å². The van der Waals surface area contributed by atoms with Crippen LogP contribution in [0.4, 0.5) is 15.0 Å². The van der Waals surface area contributed by atoms with Crippen LogP contribution >= 0.6 is 11.6 Å². The summed E-state index contributed by atoms with van der Waals surface area (Å²) in [6.07, 6.45) is 1.81. The minimum Gasteiger partial charge on any atom is -0.348 e. The Bertz CT molecular complexity index is 1560. The molecule has 13 nitrogen and oxygen atoms in total. The molecule has 0 bridgehead atoms. The van der Waals surface area contributed by atoms with Crippen LogP contribution in [-0.4, -0.2) is 87.5 Å². The molecule has 0 atom stereocenters. The van der Waals surface area contributed by atoms with E-state index in [0.717, 1.165) is 15.0 Å². The first kappa shape index (κ1) is 30.5. The number of amides is 5. The lowest BCUT2D eigenvalue weighted by Crippen LogP contribution is -2.40. The number of nitrogens with two attached hydrogens (primary N) is 1. The number of alkyl halides is 1. The van der Waals surface area contributed by atoms with E-state index in [1.54, 1.807) is 24.3 Å². The van der Waals surface area contributed by atoms with Crippen LogP contribution in [0, 0.1) is 0 Å². The molecule has 42 heavy (non-hydrogen) atoms. The van der Waals surface area contributed by atoms with Crippen molar-refractivity contribution in [2.75, 3.05) is 44.3 Å². The number of nitrogens with zero attached hydrogens (tertiary/aromatic N) is 6. The summed E-state index contributed by atoms with van der Waals surface area (Å²) >= 11 is 5.92. The quantitative estimate of drug-likeness (QED) is 0.333. The third-order valence-corrected chi connectivity index (χ3v) is 6.90. The van der Waals surface area contributed by atoms with E-state index >= 15 is 0 Å². The molecule has 0 unspecified atom stereocenters. The molecule has 222 valence electrons. The summed E-state index contributed by atoms with van der Waals surface area (Å²) < 4.78 is 14.1. The highest BCUT2D eigenvalue weighted by molar-refractivity contribution is 6.30. The largest absolute Gasteiger partial charge is 0.348 e. The molecule has 0 radical (unpaired) electrons. The van der Waals surface area contributed by atoms with Crippen LogP contribution in [0.2, 0.25) is 5.02 Å². The van der Waals surface area contributed by atoms with Gasteiger partial charge < -0.3 is 16.0 Å². The predicted octanol–water partition coefficient (Wildman–Crippen LogP) is 1.31. The maximum absolute atomic E-state index is 13.5. The van der Waals surface area contributed by atoms with Gasteiger partial charge in [0.25, 0.3) is 11.5 Å². The van der Waals surface area contributed by atoms with Crippen molar-refractivity contribution >= 4 is 52.3 Å². The molecule has 3 aromatic rings. The van der Waals surface area contributed by atoms with Gasteiger partial charge in [-0.2, -0.15) is 0 Å². The first-order chi connectivity index (χ1) is 20.2. The average molecular weight is 601 g/mol. The fourth-order valence-corrected chi connectivity index (χ4v) is 4.64. The Kier molecular flexibility index (Phi) is 9.80. The van der Waals surface area contributed by atoms with Gasteiger partial charge in [0.1, 0.15) is 24.3 Å². The number of carbonyl (C=O) groups is 4. The zero-order valence-corrected chi connectivity index (χ0v) is 23.6. The maximum atomic E-state index is 13.5. The van der Waals surface area contributed by atoms with Crippen molar-refractivity contribution in [3.05, 3.63) is 63.0 Å². The third kappa shape index (κ3) is 6.55. The molecule has 2 aromatic heterocycles. The highest BCUT2D eigenvalue weighted by atomic mass is 35.5. The molecule has 1 fully saturated rings. The van der Waals surface area contributed by atoms with Crippen LogP contribution in [0.3, 0.4) is 0 Å². The number of anilines is 1. The number of pyridine rings is 1. The molecule has 4 rings (SSSR count). The lowest BCUT2D eigenvalue weighted by Gasteiger charge is -2.22. The number of halogens is 2. The van der Waals surface area contributed by atoms with Crippen LogP contribution in [0.25, 0.3) is 11.2 Å². The van der Waals surface area contributed by atoms with E-state index in [1.807, 2.05) is 6.92 Å². The Morgan fingerprint density at radius 1 is 1.14 bits per heavy atom. The van der Waals surface area contributed by atoms with Crippen molar-refractivity contribution in [2.24, 2.45) is 5.73 Å². The molecule has 5 amide bonds. The van der Waals surface area contributed by atoms with E-state index in [-0.39, 0.29) is 61.8 Å². The van der Waals surface area contributed by atoms with Gasteiger partial charge in [-0.3, -0.25) is 33.5 Å². The second-order valence-electron chi connectivity index (χ2n) is 9.45. The van der Waals surface area contributed by atoms with Gasteiger partial charge in [0, 0.05) is 37.7 Å². The molecular formula is C27H30ClFN8O5. The Hall–Kier alpha value is -4.43.